The number of carbonyl (C=O) groups excluding carboxylic acids is 1. The molecule has 2 N–H and O–H groups in total. The van der Waals surface area contributed by atoms with Gasteiger partial charge in [0.15, 0.2) is 5.78 Å². The van der Waals surface area contributed by atoms with Gasteiger partial charge in [-0.1, -0.05) is 30.3 Å². The minimum absolute atomic E-state index is 0.0425. The molecule has 0 bridgehead atoms. The zero-order valence-electron chi connectivity index (χ0n) is 16.3. The Morgan fingerprint density at radius 1 is 1.07 bits per heavy atom. The van der Waals surface area contributed by atoms with Crippen molar-refractivity contribution in [2.24, 2.45) is 5.92 Å². The first kappa shape index (κ1) is 18.9. The van der Waals surface area contributed by atoms with Crippen LogP contribution >= 0.6 is 0 Å². The molecule has 1 unspecified atom stereocenters. The minimum Gasteiger partial charge on any atom is -0.496 e. The van der Waals surface area contributed by atoms with Gasteiger partial charge in [-0.05, 0) is 53.9 Å². The lowest BCUT2D eigenvalue weighted by Gasteiger charge is -2.25. The molecular formula is C24H23NO4. The molecule has 0 spiro atoms. The van der Waals surface area contributed by atoms with Crippen LogP contribution in [0.1, 0.15) is 21.5 Å². The number of nitrogens with two attached hydrogens (primary N) is 1. The fraction of sp³-hybridized carbons (Fsp3) is 0.208. The van der Waals surface area contributed by atoms with E-state index in [0.29, 0.717) is 42.4 Å². The average Bonchev–Trinajstić information content (AvgIpc) is 2.75. The van der Waals surface area contributed by atoms with Gasteiger partial charge in [0, 0.05) is 5.69 Å². The van der Waals surface area contributed by atoms with Crippen LogP contribution in [0.15, 0.2) is 66.7 Å². The number of anilines is 1. The molecule has 0 fully saturated rings. The van der Waals surface area contributed by atoms with Gasteiger partial charge in [0.05, 0.1) is 25.2 Å². The molecule has 1 aliphatic rings. The second-order valence-electron chi connectivity index (χ2n) is 7.08. The summed E-state index contributed by atoms with van der Waals surface area (Å²) < 4.78 is 17.1. The van der Waals surface area contributed by atoms with Gasteiger partial charge >= 0.3 is 0 Å². The minimum atomic E-state index is -0.303. The highest BCUT2D eigenvalue weighted by molar-refractivity contribution is 6.01. The third kappa shape index (κ3) is 4.19. The van der Waals surface area contributed by atoms with Crippen molar-refractivity contribution < 1.29 is 19.0 Å². The number of hydrogen-bond donors (Lipinski definition) is 1. The summed E-state index contributed by atoms with van der Waals surface area (Å²) >= 11 is 0. The molecule has 29 heavy (non-hydrogen) atoms. The number of carbonyl (C=O) groups is 1. The molecule has 4 rings (SSSR count). The van der Waals surface area contributed by atoms with Crippen LogP contribution in [0, 0.1) is 5.92 Å². The lowest BCUT2D eigenvalue weighted by Crippen LogP contribution is -2.29. The number of ketones is 1. The first-order valence-corrected chi connectivity index (χ1v) is 9.54. The Morgan fingerprint density at radius 3 is 2.69 bits per heavy atom. The summed E-state index contributed by atoms with van der Waals surface area (Å²) in [5, 5.41) is 0. The monoisotopic (exact) mass is 389 g/mol. The van der Waals surface area contributed by atoms with Crippen LogP contribution in [0.2, 0.25) is 0 Å². The number of methoxy groups -OCH3 is 1. The molecule has 1 aliphatic heterocycles. The summed E-state index contributed by atoms with van der Waals surface area (Å²) in [6.45, 7) is 0.770. The summed E-state index contributed by atoms with van der Waals surface area (Å²) in [7, 11) is 1.61. The SMILES string of the molecule is COc1ccc(N)cc1CC1COc2ccc(OCc3ccccc3)cc2C1=O. The molecule has 0 amide bonds. The number of fused-ring (bicyclic) bond motifs is 1. The molecular weight excluding hydrogens is 366 g/mol. The van der Waals surface area contributed by atoms with Crippen molar-refractivity contribution in [3.05, 3.63) is 83.4 Å². The van der Waals surface area contributed by atoms with Crippen LogP contribution < -0.4 is 19.9 Å². The highest BCUT2D eigenvalue weighted by Gasteiger charge is 2.30. The third-order valence-electron chi connectivity index (χ3n) is 5.05. The van der Waals surface area contributed by atoms with Crippen LogP contribution in [0.3, 0.4) is 0 Å². The molecule has 3 aromatic carbocycles. The predicted molar refractivity (Wildman–Crippen MR) is 112 cm³/mol. The van der Waals surface area contributed by atoms with E-state index in [1.54, 1.807) is 25.3 Å². The number of nitrogen functional groups attached to an aromatic ring is 1. The summed E-state index contributed by atoms with van der Waals surface area (Å²) in [5.74, 6) is 1.70. The number of hydrogen-bond acceptors (Lipinski definition) is 5. The molecule has 0 aromatic heterocycles. The largest absolute Gasteiger partial charge is 0.496 e. The Morgan fingerprint density at radius 2 is 1.90 bits per heavy atom. The topological polar surface area (TPSA) is 70.8 Å². The van der Waals surface area contributed by atoms with Gasteiger partial charge < -0.3 is 19.9 Å². The maximum atomic E-state index is 13.1. The second-order valence-corrected chi connectivity index (χ2v) is 7.08. The Bertz CT molecular complexity index is 1020. The summed E-state index contributed by atoms with van der Waals surface area (Å²) in [6.07, 6.45) is 0.502. The maximum Gasteiger partial charge on any atom is 0.173 e. The van der Waals surface area contributed by atoms with E-state index in [0.717, 1.165) is 16.9 Å². The molecule has 0 saturated heterocycles. The fourth-order valence-electron chi connectivity index (χ4n) is 3.52. The lowest BCUT2D eigenvalue weighted by atomic mass is 9.89. The van der Waals surface area contributed by atoms with Gasteiger partial charge in [0.2, 0.25) is 0 Å². The molecule has 1 heterocycles. The lowest BCUT2D eigenvalue weighted by molar-refractivity contribution is 0.0829. The van der Waals surface area contributed by atoms with Gasteiger partial charge in [0.25, 0.3) is 0 Å². The quantitative estimate of drug-likeness (QED) is 0.637. The third-order valence-corrected chi connectivity index (χ3v) is 5.05. The van der Waals surface area contributed by atoms with Crippen molar-refractivity contribution in [2.45, 2.75) is 13.0 Å². The van der Waals surface area contributed by atoms with E-state index in [1.807, 2.05) is 48.5 Å². The van der Waals surface area contributed by atoms with Crippen LogP contribution in [0.25, 0.3) is 0 Å². The maximum absolute atomic E-state index is 13.1. The molecule has 1 atom stereocenters. The van der Waals surface area contributed by atoms with E-state index >= 15 is 0 Å². The normalized spacial score (nSPS) is 15.3. The van der Waals surface area contributed by atoms with Crippen molar-refractivity contribution >= 4 is 11.5 Å². The van der Waals surface area contributed by atoms with Crippen molar-refractivity contribution in [3.63, 3.8) is 0 Å². The van der Waals surface area contributed by atoms with Crippen molar-refractivity contribution in [2.75, 3.05) is 19.5 Å². The highest BCUT2D eigenvalue weighted by Crippen LogP contribution is 2.34. The summed E-state index contributed by atoms with van der Waals surface area (Å²) in [4.78, 5) is 13.1. The number of benzene rings is 3. The van der Waals surface area contributed by atoms with Crippen LogP contribution in [0.4, 0.5) is 5.69 Å². The van der Waals surface area contributed by atoms with Crippen LogP contribution in [0.5, 0.6) is 17.2 Å². The van der Waals surface area contributed by atoms with E-state index in [9.17, 15) is 4.79 Å². The Hall–Kier alpha value is -3.47. The first-order chi connectivity index (χ1) is 14.1. The van der Waals surface area contributed by atoms with E-state index in [4.69, 9.17) is 19.9 Å². The zero-order valence-corrected chi connectivity index (χ0v) is 16.3. The van der Waals surface area contributed by atoms with Crippen molar-refractivity contribution in [3.8, 4) is 17.2 Å². The summed E-state index contributed by atoms with van der Waals surface area (Å²) in [6, 6.07) is 20.8. The van der Waals surface area contributed by atoms with Gasteiger partial charge in [-0.2, -0.15) is 0 Å². The fourth-order valence-corrected chi connectivity index (χ4v) is 3.52. The van der Waals surface area contributed by atoms with E-state index in [2.05, 4.69) is 0 Å². The van der Waals surface area contributed by atoms with Gasteiger partial charge in [-0.25, -0.2) is 0 Å². The molecule has 148 valence electrons. The van der Waals surface area contributed by atoms with Crippen molar-refractivity contribution in [1.29, 1.82) is 0 Å². The van der Waals surface area contributed by atoms with Gasteiger partial charge in [-0.3, -0.25) is 4.79 Å². The van der Waals surface area contributed by atoms with Gasteiger partial charge in [-0.15, -0.1) is 0 Å². The van der Waals surface area contributed by atoms with Crippen LogP contribution in [-0.4, -0.2) is 19.5 Å². The van der Waals surface area contributed by atoms with E-state index < -0.39 is 0 Å². The molecule has 0 saturated carbocycles. The predicted octanol–water partition coefficient (Wildman–Crippen LogP) is 4.29. The van der Waals surface area contributed by atoms with Crippen molar-refractivity contribution in [1.82, 2.24) is 0 Å². The number of rotatable bonds is 6. The standard InChI is InChI=1S/C24H23NO4/c1-27-22-9-7-19(25)12-17(22)11-18-15-29-23-10-8-20(13-21(23)24(18)26)28-14-16-5-3-2-4-6-16/h2-10,12-13,18H,11,14-15,25H2,1H3. The van der Waals surface area contributed by atoms with Crippen LogP contribution in [-0.2, 0) is 13.0 Å². The Balaban J connectivity index is 1.51. The average molecular weight is 389 g/mol. The van der Waals surface area contributed by atoms with E-state index in [-0.39, 0.29) is 11.7 Å². The highest BCUT2D eigenvalue weighted by atomic mass is 16.5. The van der Waals surface area contributed by atoms with Gasteiger partial charge in [0.1, 0.15) is 23.9 Å². The molecule has 0 radical (unpaired) electrons. The smallest absolute Gasteiger partial charge is 0.173 e. The molecule has 3 aromatic rings. The Kier molecular flexibility index (Phi) is 5.38. The molecule has 5 heteroatoms. The van der Waals surface area contributed by atoms with E-state index in [1.165, 1.54) is 0 Å². The number of Topliss-reactive ketones (excluding diaryl/α,β-unsaturated/α-hetero) is 1. The molecule has 5 nitrogen and oxygen atoms in total. The molecule has 0 aliphatic carbocycles. The second kappa shape index (κ2) is 8.27. The number of ether oxygens (including phenoxy) is 3. The summed E-state index contributed by atoms with van der Waals surface area (Å²) in [5.41, 5.74) is 9.07. The first-order valence-electron chi connectivity index (χ1n) is 9.54. The zero-order chi connectivity index (χ0) is 20.2. The Labute approximate surface area is 170 Å².